The van der Waals surface area contributed by atoms with Crippen molar-refractivity contribution >= 4 is 0 Å². The summed E-state index contributed by atoms with van der Waals surface area (Å²) in [4.78, 5) is 0. The van der Waals surface area contributed by atoms with Gasteiger partial charge in [0.1, 0.15) is 0 Å². The highest BCUT2D eigenvalue weighted by Gasteiger charge is 2.46. The van der Waals surface area contributed by atoms with Crippen LogP contribution >= 0.6 is 0 Å². The summed E-state index contributed by atoms with van der Waals surface area (Å²) in [6, 6.07) is 0. The molecule has 0 aromatic carbocycles. The Balaban J connectivity index is 0.000000372. The lowest BCUT2D eigenvalue weighted by molar-refractivity contribution is 0.0286. The van der Waals surface area contributed by atoms with Gasteiger partial charge in [0.15, 0.2) is 0 Å². The summed E-state index contributed by atoms with van der Waals surface area (Å²) in [6.45, 7) is 66.4. The first-order valence-corrected chi connectivity index (χ1v) is 47.0. The van der Waals surface area contributed by atoms with Gasteiger partial charge in [0.25, 0.3) is 0 Å². The molecule has 0 radical (unpaired) electrons. The van der Waals surface area contributed by atoms with Crippen LogP contribution in [-0.2, 0) is 0 Å². The minimum absolute atomic E-state index is 0.571. The van der Waals surface area contributed by atoms with E-state index in [0.29, 0.717) is 21.7 Å². The molecule has 0 spiro atoms. The second-order valence-corrected chi connectivity index (χ2v) is 42.9. The third-order valence-electron chi connectivity index (χ3n) is 32.7. The largest absolute Gasteiger partial charge is 0.0651 e. The predicted octanol–water partition coefficient (Wildman–Crippen LogP) is 35.2. The molecule has 7 unspecified atom stereocenters. The van der Waals surface area contributed by atoms with Gasteiger partial charge in [0.05, 0.1) is 0 Å². The van der Waals surface area contributed by atoms with Gasteiger partial charge in [-0.25, -0.2) is 0 Å². The van der Waals surface area contributed by atoms with Crippen LogP contribution in [0.4, 0.5) is 0 Å². The molecule has 0 aromatic rings. The summed E-state index contributed by atoms with van der Waals surface area (Å²) < 4.78 is 0. The summed E-state index contributed by atoms with van der Waals surface area (Å²) in [6.07, 6.45) is 69.3. The molecule has 0 nitrogen and oxygen atoms in total. The smallest absolute Gasteiger partial charge is 0.0297 e. The molecule has 0 heterocycles. The monoisotopic (exact) mass is 1400 g/mol. The van der Waals surface area contributed by atoms with E-state index >= 15 is 0 Å². The highest BCUT2D eigenvalue weighted by Crippen LogP contribution is 2.57. The molecule has 0 aliphatic heterocycles. The first-order chi connectivity index (χ1) is 47.0. The van der Waals surface area contributed by atoms with Crippen LogP contribution in [0.3, 0.4) is 0 Å². The first kappa shape index (κ1) is 96.1. The third-order valence-corrected chi connectivity index (χ3v) is 32.7. The van der Waals surface area contributed by atoms with E-state index in [1.165, 1.54) is 276 Å². The summed E-state index contributed by atoms with van der Waals surface area (Å²) in [7, 11) is 0. The maximum atomic E-state index is 2.48. The van der Waals surface area contributed by atoms with Crippen molar-refractivity contribution < 1.29 is 0 Å². The molecule has 598 valence electrons. The number of rotatable bonds is 7. The second kappa shape index (κ2) is 50.7. The fraction of sp³-hybridized carbons (Fsp3) is 1.00. The lowest BCUT2D eigenvalue weighted by Crippen LogP contribution is -2.38. The van der Waals surface area contributed by atoms with E-state index in [9.17, 15) is 0 Å². The van der Waals surface area contributed by atoms with Crippen molar-refractivity contribution in [3.8, 4) is 0 Å². The van der Waals surface area contributed by atoms with Crippen molar-refractivity contribution in [2.45, 2.75) is 496 Å². The molecule has 13 aliphatic rings. The Morgan fingerprint density at radius 1 is 0.310 bits per heavy atom. The minimum Gasteiger partial charge on any atom is -0.0651 e. The Morgan fingerprint density at radius 2 is 0.720 bits per heavy atom. The number of fused-ring (bicyclic) bond motifs is 4. The van der Waals surface area contributed by atoms with Crippen LogP contribution in [0.1, 0.15) is 496 Å². The molecule has 0 aromatic heterocycles. The standard InChI is InChI=1S/C11H22.C9H16.3C9H18.C8H14.3C8H16.2C7H14.C7H16/c1-9-10(2,3)7-6-8-11(9,4)5;1-7-5-8-3-4-9(7,2)6-8;1-8-4-6-9(2,3)7-5-8;1-8-6-4-5-7-9(8,2)3;1-7-5-4-6-8(2)9(7)3;1-6-4-7-2-3-8(6)5-7;1-7-5-3-4-6-8(7)2;1-7(2)8-5-3-4-6-8;1-2-8-6-4-3-5-7-8;1-6(2)7-4-3-5-7;1-2-7-5-3-4-6-7;1-4-7(5-2)6-3/h9H,6-8H2,1-5H3;7-8H,3-6H2,1-2H3;2*8H,4-7H2,1-3H3;7-9H,4-6H2,1-3H3;6-8H,2-5H2,1H3;2*7-8H,3-6H2,1-2H3;8H,2-7H2,1H3;6-7H,3-5H2,1-2H3;7H,2-6H2,1H3;7H,4-6H2,1-3H3/t;7-,8?,9?;;8-;;6-,7?,8?;7-,8?;;;;;/m.0.1.01...../s1. The van der Waals surface area contributed by atoms with Crippen molar-refractivity contribution in [1.82, 2.24) is 0 Å². The van der Waals surface area contributed by atoms with Crippen molar-refractivity contribution in [2.75, 3.05) is 0 Å². The zero-order valence-corrected chi connectivity index (χ0v) is 75.3. The maximum Gasteiger partial charge on any atom is -0.0297 e. The van der Waals surface area contributed by atoms with Crippen LogP contribution < -0.4 is 0 Å². The van der Waals surface area contributed by atoms with Gasteiger partial charge in [-0.15, -0.1) is 0 Å². The molecule has 0 N–H and O–H groups in total. The molecule has 13 rings (SSSR count). The van der Waals surface area contributed by atoms with Crippen molar-refractivity contribution in [1.29, 1.82) is 0 Å². The maximum absolute atomic E-state index is 2.48. The quantitative estimate of drug-likeness (QED) is 0.238. The predicted molar refractivity (Wildman–Crippen MR) is 458 cm³/mol. The lowest BCUT2D eigenvalue weighted by atomic mass is 9.58. The Kier molecular flexibility index (Phi) is 48.7. The second-order valence-electron chi connectivity index (χ2n) is 42.9. The molecule has 13 saturated carbocycles. The molecular weight excluding hydrogens is 1200 g/mol. The van der Waals surface area contributed by atoms with Crippen molar-refractivity contribution in [3.63, 3.8) is 0 Å². The number of hydrogen-bond acceptors (Lipinski definition) is 0. The molecule has 0 amide bonds. The zero-order chi connectivity index (χ0) is 75.3. The number of hydrogen-bond donors (Lipinski definition) is 0. The Hall–Kier alpha value is 0. The molecule has 13 aliphatic carbocycles. The first-order valence-electron chi connectivity index (χ1n) is 47.0. The topological polar surface area (TPSA) is 0 Å². The summed E-state index contributed by atoms with van der Waals surface area (Å²) in [5.74, 6) is 20.5. The Bertz CT molecular complexity index is 1830. The SMILES string of the molecule is CC(C)C1CCC1.CC(C)C1CCCC1.CC1C(C)(C)CCCC1(C)C.CC1CCC(C)(C)CC1.CC1CCCC(C)C1C.CC1CCCC[C@H]1C.CCC(CC)CC.CCC1CCCC1.CCC1CCCCC1.C[C@@H]1CCCCC1(C)C.C[C@H]1CC2CCC1(C)C2.C[C@H]1CC2CCC1C2. The fourth-order valence-electron chi connectivity index (χ4n) is 21.1. The van der Waals surface area contributed by atoms with E-state index < -0.39 is 0 Å². The van der Waals surface area contributed by atoms with E-state index in [1.54, 1.807) is 25.7 Å². The van der Waals surface area contributed by atoms with E-state index in [1.807, 2.05) is 0 Å². The van der Waals surface area contributed by atoms with Gasteiger partial charge in [-0.2, -0.15) is 0 Å². The fourth-order valence-corrected chi connectivity index (χ4v) is 21.1. The van der Waals surface area contributed by atoms with Gasteiger partial charge in [-0.3, -0.25) is 0 Å². The lowest BCUT2D eigenvalue weighted by Gasteiger charge is -2.47. The molecule has 100 heavy (non-hydrogen) atoms. The van der Waals surface area contributed by atoms with Crippen LogP contribution in [0.5, 0.6) is 0 Å². The van der Waals surface area contributed by atoms with Gasteiger partial charge >= 0.3 is 0 Å². The van der Waals surface area contributed by atoms with Gasteiger partial charge in [-0.05, 0) is 222 Å². The highest BCUT2D eigenvalue weighted by atomic mass is 14.5. The summed E-state index contributed by atoms with van der Waals surface area (Å²) in [5.41, 5.74) is 3.21. The minimum atomic E-state index is 0.571. The summed E-state index contributed by atoms with van der Waals surface area (Å²) >= 11 is 0. The highest BCUT2D eigenvalue weighted by molar-refractivity contribution is 4.97. The van der Waals surface area contributed by atoms with E-state index in [0.717, 1.165) is 124 Å². The molecule has 0 heteroatoms. The van der Waals surface area contributed by atoms with E-state index in [4.69, 9.17) is 0 Å². The zero-order valence-electron chi connectivity index (χ0n) is 75.3. The summed E-state index contributed by atoms with van der Waals surface area (Å²) in [5, 5.41) is 0. The Morgan fingerprint density at radius 3 is 0.960 bits per heavy atom. The van der Waals surface area contributed by atoms with E-state index in [2.05, 4.69) is 194 Å². The van der Waals surface area contributed by atoms with Crippen LogP contribution in [0.2, 0.25) is 0 Å². The van der Waals surface area contributed by atoms with Crippen molar-refractivity contribution in [2.24, 2.45) is 145 Å². The van der Waals surface area contributed by atoms with Crippen LogP contribution in [0.25, 0.3) is 0 Å². The normalized spacial score (nSPS) is 33.2. The third kappa shape index (κ3) is 38.4. The van der Waals surface area contributed by atoms with Crippen LogP contribution in [0.15, 0.2) is 0 Å². The van der Waals surface area contributed by atoms with Crippen molar-refractivity contribution in [3.05, 3.63) is 0 Å². The average molecular weight is 1400 g/mol. The molecule has 11 atom stereocenters. The van der Waals surface area contributed by atoms with E-state index in [-0.39, 0.29) is 0 Å². The molecule has 0 saturated heterocycles. The van der Waals surface area contributed by atoms with Gasteiger partial charge in [-0.1, -0.05) is 419 Å². The Labute approximate surface area is 637 Å². The molecule has 4 bridgehead atoms. The van der Waals surface area contributed by atoms with Gasteiger partial charge < -0.3 is 0 Å². The molecule has 13 fully saturated rings. The van der Waals surface area contributed by atoms with Crippen LogP contribution in [0, 0.1) is 145 Å². The van der Waals surface area contributed by atoms with Gasteiger partial charge in [0.2, 0.25) is 0 Å². The van der Waals surface area contributed by atoms with Gasteiger partial charge in [0, 0.05) is 0 Å². The molecular formula is C100H198. The van der Waals surface area contributed by atoms with Crippen LogP contribution in [-0.4, -0.2) is 0 Å². The average Bonchev–Trinajstić information content (AvgIpc) is 1.28.